The molecule has 0 amide bonds. The van der Waals surface area contributed by atoms with Crippen molar-refractivity contribution in [3.63, 3.8) is 0 Å². The number of benzene rings is 1. The van der Waals surface area contributed by atoms with Crippen LogP contribution >= 0.6 is 11.6 Å². The summed E-state index contributed by atoms with van der Waals surface area (Å²) < 4.78 is 2.04. The van der Waals surface area contributed by atoms with E-state index < -0.39 is 0 Å². The fraction of sp³-hybridized carbons (Fsp3) is 0.278. The maximum atomic E-state index is 6.17. The van der Waals surface area contributed by atoms with Gasteiger partial charge in [-0.1, -0.05) is 43.1 Å². The van der Waals surface area contributed by atoms with Crippen molar-refractivity contribution >= 4 is 28.8 Å². The third-order valence-corrected chi connectivity index (χ3v) is 4.09. The Bertz CT molecular complexity index is 800. The zero-order valence-corrected chi connectivity index (χ0v) is 13.9. The lowest BCUT2D eigenvalue weighted by molar-refractivity contribution is 0.896. The Morgan fingerprint density at radius 2 is 1.86 bits per heavy atom. The second-order valence-corrected chi connectivity index (χ2v) is 6.06. The molecule has 0 saturated heterocycles. The number of imidazole rings is 1. The molecule has 0 aliphatic carbocycles. The van der Waals surface area contributed by atoms with Gasteiger partial charge in [-0.05, 0) is 43.5 Å². The summed E-state index contributed by atoms with van der Waals surface area (Å²) in [5, 5.41) is 4.29. The summed E-state index contributed by atoms with van der Waals surface area (Å²) in [6.45, 7) is 6.40. The van der Waals surface area contributed by atoms with Gasteiger partial charge in [-0.3, -0.25) is 4.40 Å². The Kier molecular flexibility index (Phi) is 4.08. The molecule has 2 aromatic heterocycles. The summed E-state index contributed by atoms with van der Waals surface area (Å²) in [4.78, 5) is 4.74. The molecule has 3 nitrogen and oxygen atoms in total. The molecule has 4 heteroatoms. The van der Waals surface area contributed by atoms with Crippen molar-refractivity contribution in [2.24, 2.45) is 0 Å². The fourth-order valence-corrected chi connectivity index (χ4v) is 2.90. The highest BCUT2D eigenvalue weighted by molar-refractivity contribution is 6.30. The molecule has 1 aromatic carbocycles. The lowest BCUT2D eigenvalue weighted by Gasteiger charge is -2.13. The third kappa shape index (κ3) is 2.69. The van der Waals surface area contributed by atoms with Gasteiger partial charge in [0.1, 0.15) is 11.5 Å². The number of aryl methyl sites for hydroxylation is 3. The molecule has 22 heavy (non-hydrogen) atoms. The highest BCUT2D eigenvalue weighted by Gasteiger charge is 2.14. The van der Waals surface area contributed by atoms with Crippen LogP contribution in [0.5, 0.6) is 0 Å². The predicted octanol–water partition coefficient (Wildman–Crippen LogP) is 5.30. The first-order valence-electron chi connectivity index (χ1n) is 7.60. The Labute approximate surface area is 136 Å². The molecule has 1 N–H and O–H groups in total. The molecular weight excluding hydrogens is 294 g/mol. The molecular formula is C18H20ClN3. The van der Waals surface area contributed by atoms with E-state index in [4.69, 9.17) is 16.6 Å². The van der Waals surface area contributed by atoms with E-state index in [1.165, 1.54) is 11.1 Å². The highest BCUT2D eigenvalue weighted by atomic mass is 35.5. The Hall–Kier alpha value is -2.00. The first-order chi connectivity index (χ1) is 10.6. The molecule has 3 aromatic rings. The zero-order chi connectivity index (χ0) is 15.7. The van der Waals surface area contributed by atoms with E-state index >= 15 is 0 Å². The average Bonchev–Trinajstić information content (AvgIpc) is 2.80. The summed E-state index contributed by atoms with van der Waals surface area (Å²) >= 11 is 6.17. The van der Waals surface area contributed by atoms with Crippen LogP contribution in [0.15, 0.2) is 36.5 Å². The Morgan fingerprint density at radius 3 is 2.55 bits per heavy atom. The fourth-order valence-electron chi connectivity index (χ4n) is 2.74. The molecule has 0 radical (unpaired) electrons. The Morgan fingerprint density at radius 1 is 1.14 bits per heavy atom. The zero-order valence-electron chi connectivity index (χ0n) is 13.2. The van der Waals surface area contributed by atoms with Crippen LogP contribution < -0.4 is 5.32 Å². The summed E-state index contributed by atoms with van der Waals surface area (Å²) in [7, 11) is 0. The molecule has 0 saturated carbocycles. The van der Waals surface area contributed by atoms with E-state index in [0.717, 1.165) is 35.7 Å². The van der Waals surface area contributed by atoms with Gasteiger partial charge in [0, 0.05) is 11.9 Å². The number of pyridine rings is 1. The van der Waals surface area contributed by atoms with Crippen LogP contribution in [-0.4, -0.2) is 9.38 Å². The number of nitrogens with zero attached hydrogens (tertiary/aromatic N) is 2. The monoisotopic (exact) mass is 313 g/mol. The number of halogens is 1. The van der Waals surface area contributed by atoms with Crippen molar-refractivity contribution < 1.29 is 0 Å². The van der Waals surface area contributed by atoms with Crippen molar-refractivity contribution in [2.45, 2.75) is 33.6 Å². The summed E-state index contributed by atoms with van der Waals surface area (Å²) in [5.41, 5.74) is 5.58. The normalized spacial score (nSPS) is 11.1. The number of aromatic nitrogens is 2. The topological polar surface area (TPSA) is 29.3 Å². The number of fused-ring (bicyclic) bond motifs is 1. The molecule has 2 heterocycles. The number of hydrogen-bond acceptors (Lipinski definition) is 2. The number of hydrogen-bond donors (Lipinski definition) is 1. The van der Waals surface area contributed by atoms with E-state index in [2.05, 4.69) is 44.3 Å². The average molecular weight is 314 g/mol. The summed E-state index contributed by atoms with van der Waals surface area (Å²) in [6, 6.07) is 10.1. The first-order valence-corrected chi connectivity index (χ1v) is 7.97. The Balaban J connectivity index is 2.15. The van der Waals surface area contributed by atoms with Crippen LogP contribution in [0.25, 0.3) is 5.65 Å². The molecule has 0 fully saturated rings. The second-order valence-electron chi connectivity index (χ2n) is 5.62. The van der Waals surface area contributed by atoms with E-state index in [9.17, 15) is 0 Å². The SMILES string of the molecule is CCCc1nc2ccc(Cl)cn2c1Nc1c(C)cccc1C. The lowest BCUT2D eigenvalue weighted by atomic mass is 10.1. The van der Waals surface area contributed by atoms with Crippen LogP contribution in [-0.2, 0) is 6.42 Å². The van der Waals surface area contributed by atoms with Gasteiger partial charge in [-0.25, -0.2) is 4.98 Å². The van der Waals surface area contributed by atoms with Gasteiger partial charge in [0.15, 0.2) is 0 Å². The maximum absolute atomic E-state index is 6.17. The molecule has 0 unspecified atom stereocenters. The largest absolute Gasteiger partial charge is 0.339 e. The minimum absolute atomic E-state index is 0.706. The van der Waals surface area contributed by atoms with Crippen molar-refractivity contribution in [3.05, 3.63) is 58.4 Å². The van der Waals surface area contributed by atoms with Crippen molar-refractivity contribution in [1.82, 2.24) is 9.38 Å². The number of anilines is 2. The van der Waals surface area contributed by atoms with Gasteiger partial charge < -0.3 is 5.32 Å². The lowest BCUT2D eigenvalue weighted by Crippen LogP contribution is -2.02. The minimum atomic E-state index is 0.706. The van der Waals surface area contributed by atoms with E-state index in [0.29, 0.717) is 5.02 Å². The molecule has 0 aliphatic rings. The maximum Gasteiger partial charge on any atom is 0.138 e. The van der Waals surface area contributed by atoms with Gasteiger partial charge >= 0.3 is 0 Å². The number of para-hydroxylation sites is 1. The van der Waals surface area contributed by atoms with Crippen molar-refractivity contribution in [2.75, 3.05) is 5.32 Å². The molecule has 114 valence electrons. The quantitative estimate of drug-likeness (QED) is 0.708. The van der Waals surface area contributed by atoms with Crippen molar-refractivity contribution in [3.8, 4) is 0 Å². The molecule has 3 rings (SSSR count). The van der Waals surface area contributed by atoms with Crippen LogP contribution in [0.1, 0.15) is 30.2 Å². The third-order valence-electron chi connectivity index (χ3n) is 3.87. The minimum Gasteiger partial charge on any atom is -0.339 e. The molecule has 0 spiro atoms. The van der Waals surface area contributed by atoms with Gasteiger partial charge in [-0.15, -0.1) is 0 Å². The number of rotatable bonds is 4. The van der Waals surface area contributed by atoms with Crippen LogP contribution in [0.2, 0.25) is 5.02 Å². The summed E-state index contributed by atoms with van der Waals surface area (Å²) in [5.74, 6) is 1.01. The smallest absolute Gasteiger partial charge is 0.138 e. The molecule has 0 atom stereocenters. The van der Waals surface area contributed by atoms with Gasteiger partial charge in [0.05, 0.1) is 10.7 Å². The van der Waals surface area contributed by atoms with Crippen LogP contribution in [0.4, 0.5) is 11.5 Å². The highest BCUT2D eigenvalue weighted by Crippen LogP contribution is 2.29. The first kappa shape index (κ1) is 14.9. The van der Waals surface area contributed by atoms with Crippen LogP contribution in [0, 0.1) is 13.8 Å². The van der Waals surface area contributed by atoms with Crippen molar-refractivity contribution in [1.29, 1.82) is 0 Å². The molecule has 0 bridgehead atoms. The van der Waals surface area contributed by atoms with Gasteiger partial charge in [0.25, 0.3) is 0 Å². The molecule has 0 aliphatic heterocycles. The standard InChI is InChI=1S/C18H20ClN3/c1-4-6-15-18(21-17-12(2)7-5-8-13(17)3)22-11-14(19)9-10-16(22)20-15/h5,7-11,21H,4,6H2,1-3H3. The van der Waals surface area contributed by atoms with E-state index in [1.54, 1.807) is 0 Å². The van der Waals surface area contributed by atoms with Crippen LogP contribution in [0.3, 0.4) is 0 Å². The van der Waals surface area contributed by atoms with E-state index in [1.807, 2.05) is 22.7 Å². The summed E-state index contributed by atoms with van der Waals surface area (Å²) in [6.07, 6.45) is 3.91. The predicted molar refractivity (Wildman–Crippen MR) is 93.4 cm³/mol. The number of nitrogens with one attached hydrogen (secondary N) is 1. The van der Waals surface area contributed by atoms with Gasteiger partial charge in [0.2, 0.25) is 0 Å². The second kappa shape index (κ2) is 6.01. The van der Waals surface area contributed by atoms with Gasteiger partial charge in [-0.2, -0.15) is 0 Å². The van der Waals surface area contributed by atoms with E-state index in [-0.39, 0.29) is 0 Å².